The van der Waals surface area contributed by atoms with Gasteiger partial charge in [-0.05, 0) is 38.2 Å². The van der Waals surface area contributed by atoms with E-state index in [0.717, 1.165) is 44.8 Å². The van der Waals surface area contributed by atoms with Crippen LogP contribution in [0, 0.1) is 5.82 Å². The van der Waals surface area contributed by atoms with Gasteiger partial charge in [0.2, 0.25) is 0 Å². The highest BCUT2D eigenvalue weighted by Gasteiger charge is 2.19. The highest BCUT2D eigenvalue weighted by Crippen LogP contribution is 2.10. The minimum absolute atomic E-state index is 0.191. The van der Waals surface area contributed by atoms with Gasteiger partial charge in [-0.2, -0.15) is 0 Å². The van der Waals surface area contributed by atoms with Gasteiger partial charge in [-0.1, -0.05) is 24.3 Å². The zero-order valence-corrected chi connectivity index (χ0v) is 13.0. The molecule has 0 saturated carbocycles. The van der Waals surface area contributed by atoms with E-state index < -0.39 is 0 Å². The van der Waals surface area contributed by atoms with Gasteiger partial charge in [-0.15, -0.1) is 0 Å². The molecule has 0 unspecified atom stereocenters. The van der Waals surface area contributed by atoms with Crippen molar-refractivity contribution in [3.05, 3.63) is 41.7 Å². The topological polar surface area (TPSA) is 15.7 Å². The van der Waals surface area contributed by atoms with E-state index in [2.05, 4.69) is 30.0 Å². The van der Waals surface area contributed by atoms with E-state index in [1.165, 1.54) is 12.1 Å². The van der Waals surface area contributed by atoms with Crippen molar-refractivity contribution >= 4 is 6.08 Å². The molecule has 21 heavy (non-hydrogen) atoms. The lowest BCUT2D eigenvalue weighted by Crippen LogP contribution is -2.43. The standard InChI is InChI=1S/C17H25FN2O/c1-19(2)11-9-17-14-20(12-13-21-17)10-3-4-15-5-7-16(18)8-6-15/h3-8,17H,9-14H2,1-2H3/b4-3+/t17-/m1/s1. The lowest BCUT2D eigenvalue weighted by molar-refractivity contribution is -0.0304. The second-order valence-electron chi connectivity index (χ2n) is 5.80. The molecule has 0 aliphatic carbocycles. The predicted octanol–water partition coefficient (Wildman–Crippen LogP) is 2.49. The molecule has 1 atom stereocenters. The number of halogens is 1. The average Bonchev–Trinajstić information content (AvgIpc) is 2.48. The van der Waals surface area contributed by atoms with Gasteiger partial charge in [-0.25, -0.2) is 4.39 Å². The summed E-state index contributed by atoms with van der Waals surface area (Å²) in [7, 11) is 4.18. The van der Waals surface area contributed by atoms with Crippen molar-refractivity contribution in [2.75, 3.05) is 46.9 Å². The van der Waals surface area contributed by atoms with Crippen molar-refractivity contribution in [1.29, 1.82) is 0 Å². The quantitative estimate of drug-likeness (QED) is 0.801. The Morgan fingerprint density at radius 1 is 1.33 bits per heavy atom. The van der Waals surface area contributed by atoms with Crippen molar-refractivity contribution in [2.45, 2.75) is 12.5 Å². The Morgan fingerprint density at radius 2 is 2.10 bits per heavy atom. The number of rotatable bonds is 6. The summed E-state index contributed by atoms with van der Waals surface area (Å²) in [6.07, 6.45) is 5.59. The Morgan fingerprint density at radius 3 is 2.81 bits per heavy atom. The monoisotopic (exact) mass is 292 g/mol. The van der Waals surface area contributed by atoms with Gasteiger partial charge in [0.25, 0.3) is 0 Å². The number of ether oxygens (including phenoxy) is 1. The first-order chi connectivity index (χ1) is 10.1. The number of hydrogen-bond acceptors (Lipinski definition) is 3. The second kappa shape index (κ2) is 8.27. The fourth-order valence-electron chi connectivity index (χ4n) is 2.43. The normalized spacial score (nSPS) is 20.5. The molecule has 2 rings (SSSR count). The van der Waals surface area contributed by atoms with Crippen molar-refractivity contribution in [3.63, 3.8) is 0 Å². The summed E-state index contributed by atoms with van der Waals surface area (Å²) in [5.74, 6) is -0.191. The molecule has 1 heterocycles. The van der Waals surface area contributed by atoms with E-state index in [1.54, 1.807) is 12.1 Å². The summed E-state index contributed by atoms with van der Waals surface area (Å²) in [4.78, 5) is 4.60. The van der Waals surface area contributed by atoms with E-state index in [9.17, 15) is 4.39 Å². The number of nitrogens with zero attached hydrogens (tertiary/aromatic N) is 2. The highest BCUT2D eigenvalue weighted by molar-refractivity contribution is 5.48. The first-order valence-electron chi connectivity index (χ1n) is 7.54. The summed E-state index contributed by atoms with van der Waals surface area (Å²) in [5.41, 5.74) is 1.04. The molecule has 1 aliphatic heterocycles. The molecule has 1 fully saturated rings. The van der Waals surface area contributed by atoms with Gasteiger partial charge in [0.15, 0.2) is 0 Å². The molecule has 0 aromatic heterocycles. The Balaban J connectivity index is 1.75. The van der Waals surface area contributed by atoms with E-state index in [-0.39, 0.29) is 5.82 Å². The van der Waals surface area contributed by atoms with Crippen molar-refractivity contribution in [2.24, 2.45) is 0 Å². The SMILES string of the molecule is CN(C)CC[C@@H]1CN(C/C=C/c2ccc(F)cc2)CCO1. The molecule has 0 bridgehead atoms. The van der Waals surface area contributed by atoms with Crippen LogP contribution in [-0.2, 0) is 4.74 Å². The zero-order valence-electron chi connectivity index (χ0n) is 13.0. The third kappa shape index (κ3) is 5.96. The summed E-state index contributed by atoms with van der Waals surface area (Å²) in [5, 5.41) is 0. The second-order valence-corrected chi connectivity index (χ2v) is 5.80. The maximum atomic E-state index is 12.8. The van der Waals surface area contributed by atoms with Crippen LogP contribution >= 0.6 is 0 Å². The van der Waals surface area contributed by atoms with Crippen LogP contribution in [0.5, 0.6) is 0 Å². The average molecular weight is 292 g/mol. The Hall–Kier alpha value is -1.23. The Labute approximate surface area is 127 Å². The molecule has 0 spiro atoms. The van der Waals surface area contributed by atoms with Gasteiger partial charge >= 0.3 is 0 Å². The molecule has 0 radical (unpaired) electrons. The van der Waals surface area contributed by atoms with Crippen LogP contribution in [0.1, 0.15) is 12.0 Å². The maximum Gasteiger partial charge on any atom is 0.123 e. The molecule has 116 valence electrons. The fraction of sp³-hybridized carbons (Fsp3) is 0.529. The molecular weight excluding hydrogens is 267 g/mol. The van der Waals surface area contributed by atoms with Crippen molar-refractivity contribution in [1.82, 2.24) is 9.80 Å². The molecule has 1 aliphatic rings. The summed E-state index contributed by atoms with van der Waals surface area (Å²) in [6, 6.07) is 6.58. The minimum Gasteiger partial charge on any atom is -0.376 e. The van der Waals surface area contributed by atoms with Crippen LogP contribution in [0.25, 0.3) is 6.08 Å². The number of benzene rings is 1. The Kier molecular flexibility index (Phi) is 6.36. The van der Waals surface area contributed by atoms with Gasteiger partial charge in [0, 0.05) is 26.2 Å². The van der Waals surface area contributed by atoms with E-state index in [4.69, 9.17) is 4.74 Å². The van der Waals surface area contributed by atoms with Crippen LogP contribution < -0.4 is 0 Å². The number of hydrogen-bond donors (Lipinski definition) is 0. The zero-order chi connectivity index (χ0) is 15.1. The van der Waals surface area contributed by atoms with Crippen LogP contribution in [0.4, 0.5) is 4.39 Å². The maximum absolute atomic E-state index is 12.8. The first kappa shape index (κ1) is 16.1. The summed E-state index contributed by atoms with van der Waals surface area (Å²) in [6.45, 7) is 4.75. The summed E-state index contributed by atoms with van der Waals surface area (Å²) < 4.78 is 18.6. The molecule has 1 saturated heterocycles. The first-order valence-corrected chi connectivity index (χ1v) is 7.54. The molecule has 3 nitrogen and oxygen atoms in total. The van der Waals surface area contributed by atoms with Crippen LogP contribution in [-0.4, -0.2) is 62.8 Å². The smallest absolute Gasteiger partial charge is 0.123 e. The molecule has 0 N–H and O–H groups in total. The largest absolute Gasteiger partial charge is 0.376 e. The van der Waals surface area contributed by atoms with Crippen LogP contribution in [0.15, 0.2) is 30.3 Å². The van der Waals surface area contributed by atoms with Crippen LogP contribution in [0.2, 0.25) is 0 Å². The van der Waals surface area contributed by atoms with Crippen LogP contribution in [0.3, 0.4) is 0 Å². The number of morpholine rings is 1. The summed E-state index contributed by atoms with van der Waals surface area (Å²) >= 11 is 0. The fourth-order valence-corrected chi connectivity index (χ4v) is 2.43. The van der Waals surface area contributed by atoms with Crippen molar-refractivity contribution < 1.29 is 9.13 Å². The van der Waals surface area contributed by atoms with E-state index >= 15 is 0 Å². The van der Waals surface area contributed by atoms with E-state index in [1.807, 2.05) is 6.08 Å². The Bertz CT molecular complexity index is 445. The van der Waals surface area contributed by atoms with Crippen molar-refractivity contribution in [3.8, 4) is 0 Å². The third-order valence-corrected chi connectivity index (χ3v) is 3.67. The van der Waals surface area contributed by atoms with E-state index in [0.29, 0.717) is 6.10 Å². The lowest BCUT2D eigenvalue weighted by Gasteiger charge is -2.32. The molecule has 1 aromatic rings. The highest BCUT2D eigenvalue weighted by atomic mass is 19.1. The molecule has 4 heteroatoms. The minimum atomic E-state index is -0.191. The molecule has 0 amide bonds. The van der Waals surface area contributed by atoms with Gasteiger partial charge < -0.3 is 9.64 Å². The molecular formula is C17H25FN2O. The third-order valence-electron chi connectivity index (χ3n) is 3.67. The van der Waals surface area contributed by atoms with Gasteiger partial charge in [-0.3, -0.25) is 4.90 Å². The predicted molar refractivity (Wildman–Crippen MR) is 84.8 cm³/mol. The van der Waals surface area contributed by atoms with Gasteiger partial charge in [0.1, 0.15) is 5.82 Å². The molecule has 1 aromatic carbocycles. The van der Waals surface area contributed by atoms with Gasteiger partial charge in [0.05, 0.1) is 12.7 Å². The lowest BCUT2D eigenvalue weighted by atomic mass is 10.2.